The molecule has 0 N–H and O–H groups in total. The van der Waals surface area contributed by atoms with Crippen LogP contribution in [0.25, 0.3) is 0 Å². The number of ether oxygens (including phenoxy) is 1. The van der Waals surface area contributed by atoms with E-state index >= 15 is 0 Å². The highest BCUT2D eigenvalue weighted by molar-refractivity contribution is 5.80. The number of nitrogens with zero attached hydrogens (tertiary/aromatic N) is 2. The van der Waals surface area contributed by atoms with Gasteiger partial charge >= 0.3 is 6.09 Å². The lowest BCUT2D eigenvalue weighted by Crippen LogP contribution is -2.54. The Morgan fingerprint density at radius 1 is 1.08 bits per heavy atom. The van der Waals surface area contributed by atoms with Crippen LogP contribution in [0.5, 0.6) is 0 Å². The van der Waals surface area contributed by atoms with Gasteiger partial charge in [-0.1, -0.05) is 13.8 Å². The summed E-state index contributed by atoms with van der Waals surface area (Å²) in [6.07, 6.45) is 4.90. The summed E-state index contributed by atoms with van der Waals surface area (Å²) in [7, 11) is 0. The minimum absolute atomic E-state index is 0.100. The molecule has 26 heavy (non-hydrogen) atoms. The van der Waals surface area contributed by atoms with Crippen molar-refractivity contribution in [3.05, 3.63) is 0 Å². The highest BCUT2D eigenvalue weighted by Crippen LogP contribution is 2.36. The van der Waals surface area contributed by atoms with Crippen molar-refractivity contribution in [2.24, 2.45) is 17.8 Å². The van der Waals surface area contributed by atoms with Gasteiger partial charge in [0.25, 0.3) is 0 Å². The molecule has 0 aromatic heterocycles. The maximum absolute atomic E-state index is 13.2. The number of carbonyl (C=O) groups excluding carboxylic acids is 2. The van der Waals surface area contributed by atoms with Crippen LogP contribution >= 0.6 is 0 Å². The number of rotatable bonds is 4. The summed E-state index contributed by atoms with van der Waals surface area (Å²) in [5, 5.41) is 0. The second-order valence-corrected chi connectivity index (χ2v) is 8.66. The van der Waals surface area contributed by atoms with Crippen LogP contribution in [0, 0.1) is 17.8 Å². The number of carbonyl (C=O) groups is 2. The van der Waals surface area contributed by atoms with Crippen molar-refractivity contribution in [1.29, 1.82) is 0 Å². The molecule has 0 aromatic rings. The van der Waals surface area contributed by atoms with E-state index < -0.39 is 6.17 Å². The molecule has 148 valence electrons. The van der Waals surface area contributed by atoms with E-state index in [1.165, 1.54) is 0 Å². The van der Waals surface area contributed by atoms with Gasteiger partial charge in [-0.2, -0.15) is 0 Å². The lowest BCUT2D eigenvalue weighted by molar-refractivity contribution is -0.146. The Kier molecular flexibility index (Phi) is 6.41. The topological polar surface area (TPSA) is 49.9 Å². The zero-order valence-corrected chi connectivity index (χ0v) is 16.2. The van der Waals surface area contributed by atoms with Crippen molar-refractivity contribution in [3.63, 3.8) is 0 Å². The van der Waals surface area contributed by atoms with Crippen LogP contribution in [-0.4, -0.2) is 60.3 Å². The summed E-state index contributed by atoms with van der Waals surface area (Å²) in [6, 6.07) is 0.267. The van der Waals surface area contributed by atoms with E-state index in [1.807, 2.05) is 13.8 Å². The molecule has 2 saturated heterocycles. The number of amides is 2. The summed E-state index contributed by atoms with van der Waals surface area (Å²) in [4.78, 5) is 28.8. The Morgan fingerprint density at radius 2 is 1.77 bits per heavy atom. The monoisotopic (exact) mass is 368 g/mol. The van der Waals surface area contributed by atoms with Gasteiger partial charge in [-0.15, -0.1) is 0 Å². The van der Waals surface area contributed by atoms with E-state index in [1.54, 1.807) is 4.90 Å². The van der Waals surface area contributed by atoms with Crippen LogP contribution in [-0.2, 0) is 9.53 Å². The Morgan fingerprint density at radius 3 is 2.38 bits per heavy atom. The van der Waals surface area contributed by atoms with Crippen molar-refractivity contribution < 1.29 is 18.7 Å². The molecule has 0 spiro atoms. The van der Waals surface area contributed by atoms with Crippen LogP contribution < -0.4 is 0 Å². The first-order valence-electron chi connectivity index (χ1n) is 10.3. The second kappa shape index (κ2) is 8.57. The molecule has 2 heterocycles. The summed E-state index contributed by atoms with van der Waals surface area (Å²) >= 11 is 0. The first-order chi connectivity index (χ1) is 12.5. The van der Waals surface area contributed by atoms with Gasteiger partial charge in [-0.25, -0.2) is 9.18 Å². The van der Waals surface area contributed by atoms with Gasteiger partial charge in [-0.05, 0) is 56.8 Å². The average molecular weight is 368 g/mol. The first-order valence-corrected chi connectivity index (χ1v) is 10.3. The molecular formula is C20H33FN2O3. The zero-order chi connectivity index (χ0) is 18.7. The van der Waals surface area contributed by atoms with Gasteiger partial charge in [0.2, 0.25) is 5.91 Å². The predicted molar refractivity (Wildman–Crippen MR) is 97.5 cm³/mol. The van der Waals surface area contributed by atoms with Gasteiger partial charge in [0.05, 0.1) is 6.61 Å². The van der Waals surface area contributed by atoms with Crippen LogP contribution in [0.2, 0.25) is 0 Å². The minimum atomic E-state index is -0.785. The van der Waals surface area contributed by atoms with Crippen molar-refractivity contribution in [3.8, 4) is 0 Å². The Hall–Kier alpha value is -1.33. The van der Waals surface area contributed by atoms with E-state index in [0.717, 1.165) is 38.6 Å². The fraction of sp³-hybridized carbons (Fsp3) is 0.900. The number of halogens is 1. The predicted octanol–water partition coefficient (Wildman–Crippen LogP) is 3.62. The van der Waals surface area contributed by atoms with Gasteiger partial charge in [-0.3, -0.25) is 4.79 Å². The maximum Gasteiger partial charge on any atom is 0.409 e. The van der Waals surface area contributed by atoms with E-state index in [2.05, 4.69) is 4.90 Å². The minimum Gasteiger partial charge on any atom is -0.449 e. The molecule has 5 nitrogen and oxygen atoms in total. The van der Waals surface area contributed by atoms with Crippen LogP contribution in [0.3, 0.4) is 0 Å². The van der Waals surface area contributed by atoms with E-state index in [-0.39, 0.29) is 24.0 Å². The molecule has 0 radical (unpaired) electrons. The molecule has 1 saturated carbocycles. The molecule has 3 rings (SSSR count). The lowest BCUT2D eigenvalue weighted by Gasteiger charge is -2.45. The molecule has 0 aromatic carbocycles. The smallest absolute Gasteiger partial charge is 0.409 e. The normalized spacial score (nSPS) is 30.2. The summed E-state index contributed by atoms with van der Waals surface area (Å²) in [6.45, 7) is 6.74. The highest BCUT2D eigenvalue weighted by Gasteiger charge is 2.42. The Balaban J connectivity index is 1.51. The summed E-state index contributed by atoms with van der Waals surface area (Å²) < 4.78 is 18.5. The van der Waals surface area contributed by atoms with Gasteiger partial charge in [0.15, 0.2) is 0 Å². The van der Waals surface area contributed by atoms with Crippen LogP contribution in [0.1, 0.15) is 58.8 Å². The van der Waals surface area contributed by atoms with Crippen molar-refractivity contribution in [2.75, 3.05) is 26.2 Å². The molecule has 1 unspecified atom stereocenters. The van der Waals surface area contributed by atoms with Gasteiger partial charge < -0.3 is 14.5 Å². The van der Waals surface area contributed by atoms with Gasteiger partial charge in [0, 0.05) is 31.6 Å². The largest absolute Gasteiger partial charge is 0.449 e. The number of hydrogen-bond donors (Lipinski definition) is 0. The molecule has 2 aliphatic heterocycles. The van der Waals surface area contributed by atoms with Crippen LogP contribution in [0.15, 0.2) is 0 Å². The molecule has 3 aliphatic rings. The third kappa shape index (κ3) is 4.49. The molecule has 2 amide bonds. The van der Waals surface area contributed by atoms with Crippen LogP contribution in [0.4, 0.5) is 9.18 Å². The van der Waals surface area contributed by atoms with Crippen molar-refractivity contribution in [2.45, 2.75) is 71.0 Å². The summed E-state index contributed by atoms with van der Waals surface area (Å²) in [5.74, 6) is 0.849. The molecule has 1 atom stereocenters. The molecule has 1 aliphatic carbocycles. The third-order valence-electron chi connectivity index (χ3n) is 6.14. The highest BCUT2D eigenvalue weighted by atomic mass is 19.1. The number of likely N-dealkylation sites (tertiary alicyclic amines) is 2. The first kappa shape index (κ1) is 19.4. The standard InChI is InChI=1S/C20H33FN2O3/c1-14(2)13-26-20(25)22-9-6-15(7-10-22)18-5-3-4-8-23(18)19(24)16-11-17(21)12-16/h14-18H,3-13H2,1-2H3. The quantitative estimate of drug-likeness (QED) is 0.761. The molecular weight excluding hydrogens is 335 g/mol. The van der Waals surface area contributed by atoms with E-state index in [4.69, 9.17) is 4.74 Å². The maximum atomic E-state index is 13.2. The SMILES string of the molecule is CC(C)COC(=O)N1CCC(C2CCCCN2C(=O)C2CC(F)C2)CC1. The number of alkyl halides is 1. The fourth-order valence-corrected chi connectivity index (χ4v) is 4.50. The van der Waals surface area contributed by atoms with E-state index in [0.29, 0.717) is 44.4 Å². The Labute approximate surface area is 156 Å². The zero-order valence-electron chi connectivity index (χ0n) is 16.2. The average Bonchev–Trinajstić information content (AvgIpc) is 2.63. The molecule has 0 bridgehead atoms. The summed E-state index contributed by atoms with van der Waals surface area (Å²) in [5.41, 5.74) is 0. The third-order valence-corrected chi connectivity index (χ3v) is 6.14. The Bertz CT molecular complexity index is 499. The van der Waals surface area contributed by atoms with Crippen molar-refractivity contribution >= 4 is 12.0 Å². The van der Waals surface area contributed by atoms with Gasteiger partial charge in [0.1, 0.15) is 6.17 Å². The number of piperidine rings is 2. The van der Waals surface area contributed by atoms with E-state index in [9.17, 15) is 14.0 Å². The van der Waals surface area contributed by atoms with Crippen molar-refractivity contribution in [1.82, 2.24) is 9.80 Å². The fourth-order valence-electron chi connectivity index (χ4n) is 4.50. The molecule has 3 fully saturated rings. The second-order valence-electron chi connectivity index (χ2n) is 8.66. The lowest BCUT2D eigenvalue weighted by atomic mass is 9.79. The molecule has 6 heteroatoms. The number of hydrogen-bond acceptors (Lipinski definition) is 3.